The third kappa shape index (κ3) is 6.43. The van der Waals surface area contributed by atoms with Gasteiger partial charge in [0.1, 0.15) is 11.1 Å². The second-order valence-electron chi connectivity index (χ2n) is 7.35. The third-order valence-electron chi connectivity index (χ3n) is 4.85. The van der Waals surface area contributed by atoms with Gasteiger partial charge in [-0.15, -0.1) is 11.8 Å². The molecule has 4 aromatic rings. The average molecular weight is 488 g/mol. The molecule has 34 heavy (non-hydrogen) atoms. The molecule has 4 nitrogen and oxygen atoms in total. The van der Waals surface area contributed by atoms with E-state index in [1.165, 1.54) is 17.8 Å². The molecule has 1 atom stereocenters. The van der Waals surface area contributed by atoms with E-state index in [4.69, 9.17) is 12.2 Å². The molecule has 0 aliphatic rings. The Bertz CT molecular complexity index is 1270. The molecule has 7 heteroatoms. The minimum absolute atomic E-state index is 0.154. The van der Waals surface area contributed by atoms with Crippen LogP contribution >= 0.6 is 24.0 Å². The van der Waals surface area contributed by atoms with Crippen LogP contribution in [0.2, 0.25) is 0 Å². The second kappa shape index (κ2) is 11.4. The summed E-state index contributed by atoms with van der Waals surface area (Å²) in [6.07, 6.45) is 0. The van der Waals surface area contributed by atoms with E-state index in [2.05, 4.69) is 16.0 Å². The van der Waals surface area contributed by atoms with E-state index in [1.807, 2.05) is 84.9 Å². The van der Waals surface area contributed by atoms with E-state index in [0.717, 1.165) is 21.8 Å². The smallest absolute Gasteiger partial charge is 0.242 e. The van der Waals surface area contributed by atoms with Crippen molar-refractivity contribution in [2.75, 3.05) is 16.0 Å². The molecule has 0 radical (unpaired) electrons. The number of thioether (sulfide) groups is 1. The van der Waals surface area contributed by atoms with Crippen molar-refractivity contribution in [2.45, 2.75) is 10.1 Å². The molecular formula is C27H22FN3OS2. The monoisotopic (exact) mass is 487 g/mol. The highest BCUT2D eigenvalue weighted by Crippen LogP contribution is 2.37. The van der Waals surface area contributed by atoms with Gasteiger partial charge in [0.05, 0.1) is 5.69 Å². The van der Waals surface area contributed by atoms with Gasteiger partial charge in [0.15, 0.2) is 5.11 Å². The molecule has 0 bridgehead atoms. The highest BCUT2D eigenvalue weighted by Gasteiger charge is 2.23. The Labute approximate surface area is 207 Å². The fraction of sp³-hybridized carbons (Fsp3) is 0.0370. The number of carbonyl (C=O) groups is 1. The number of benzene rings is 4. The fourth-order valence-electron chi connectivity index (χ4n) is 3.26. The molecule has 0 aromatic heterocycles. The Morgan fingerprint density at radius 3 is 2.09 bits per heavy atom. The molecule has 0 aliphatic carbocycles. The quantitative estimate of drug-likeness (QED) is 0.192. The first-order chi connectivity index (χ1) is 16.6. The van der Waals surface area contributed by atoms with E-state index in [-0.39, 0.29) is 11.6 Å². The van der Waals surface area contributed by atoms with Crippen molar-refractivity contribution in [1.82, 2.24) is 0 Å². The summed E-state index contributed by atoms with van der Waals surface area (Å²) < 4.78 is 14.1. The van der Waals surface area contributed by atoms with Crippen LogP contribution in [0, 0.1) is 5.82 Å². The average Bonchev–Trinajstić information content (AvgIpc) is 2.85. The molecule has 1 amide bonds. The molecule has 0 spiro atoms. The molecular weight excluding hydrogens is 465 g/mol. The standard InChI is InChI=1S/C27H22FN3OS2/c28-23-16-7-8-17-24(23)31-26(32)25(19-10-3-1-4-11-19)34-22-15-9-14-21(18-22)30-27(33)29-20-12-5-2-6-13-20/h1-18,25H,(H,31,32)(H2,29,30,33). The molecule has 3 N–H and O–H groups in total. The van der Waals surface area contributed by atoms with Gasteiger partial charge in [-0.1, -0.05) is 66.7 Å². The molecule has 170 valence electrons. The number of hydrogen-bond acceptors (Lipinski definition) is 3. The predicted octanol–water partition coefficient (Wildman–Crippen LogP) is 7.11. The summed E-state index contributed by atoms with van der Waals surface area (Å²) in [5.74, 6) is -0.779. The van der Waals surface area contributed by atoms with Gasteiger partial charge >= 0.3 is 0 Å². The Morgan fingerprint density at radius 1 is 0.735 bits per heavy atom. The number of rotatable bonds is 7. The van der Waals surface area contributed by atoms with E-state index in [9.17, 15) is 9.18 Å². The van der Waals surface area contributed by atoms with Gasteiger partial charge in [0.2, 0.25) is 5.91 Å². The van der Waals surface area contributed by atoms with Crippen LogP contribution < -0.4 is 16.0 Å². The maximum atomic E-state index is 14.1. The third-order valence-corrected chi connectivity index (χ3v) is 6.30. The normalized spacial score (nSPS) is 11.3. The van der Waals surface area contributed by atoms with E-state index < -0.39 is 11.1 Å². The Hall–Kier alpha value is -3.68. The first kappa shape index (κ1) is 23.5. The Morgan fingerprint density at radius 2 is 1.35 bits per heavy atom. The largest absolute Gasteiger partial charge is 0.332 e. The first-order valence-electron chi connectivity index (χ1n) is 10.6. The number of hydrogen-bond donors (Lipinski definition) is 3. The molecule has 0 saturated heterocycles. The number of halogens is 1. The van der Waals surface area contributed by atoms with E-state index in [0.29, 0.717) is 5.11 Å². The van der Waals surface area contributed by atoms with Gasteiger partial charge in [-0.3, -0.25) is 4.79 Å². The van der Waals surface area contributed by atoms with Crippen molar-refractivity contribution in [3.63, 3.8) is 0 Å². The number of para-hydroxylation sites is 2. The summed E-state index contributed by atoms with van der Waals surface area (Å²) in [7, 11) is 0. The number of nitrogens with one attached hydrogen (secondary N) is 3. The van der Waals surface area contributed by atoms with Gasteiger partial charge < -0.3 is 16.0 Å². The lowest BCUT2D eigenvalue weighted by Gasteiger charge is -2.18. The minimum Gasteiger partial charge on any atom is -0.332 e. The highest BCUT2D eigenvalue weighted by molar-refractivity contribution is 8.00. The Kier molecular flexibility index (Phi) is 7.91. The number of thiocarbonyl (C=S) groups is 1. The topological polar surface area (TPSA) is 53.2 Å². The summed E-state index contributed by atoms with van der Waals surface area (Å²) in [5, 5.41) is 8.93. The maximum absolute atomic E-state index is 14.1. The lowest BCUT2D eigenvalue weighted by atomic mass is 10.1. The molecule has 1 unspecified atom stereocenters. The molecule has 0 saturated carbocycles. The lowest BCUT2D eigenvalue weighted by Crippen LogP contribution is -2.20. The number of amides is 1. The van der Waals surface area contributed by atoms with Crippen LogP contribution in [-0.4, -0.2) is 11.0 Å². The van der Waals surface area contributed by atoms with E-state index in [1.54, 1.807) is 18.2 Å². The van der Waals surface area contributed by atoms with Gasteiger partial charge in [-0.2, -0.15) is 0 Å². The van der Waals surface area contributed by atoms with Crippen LogP contribution in [0.5, 0.6) is 0 Å². The maximum Gasteiger partial charge on any atom is 0.242 e. The van der Waals surface area contributed by atoms with Crippen LogP contribution in [-0.2, 0) is 4.79 Å². The molecule has 4 rings (SSSR count). The molecule has 4 aromatic carbocycles. The fourth-order valence-corrected chi connectivity index (χ4v) is 4.58. The summed E-state index contributed by atoms with van der Waals surface area (Å²) >= 11 is 6.81. The van der Waals surface area contributed by atoms with Crippen molar-refractivity contribution < 1.29 is 9.18 Å². The van der Waals surface area contributed by atoms with Gasteiger partial charge in [0.25, 0.3) is 0 Å². The zero-order valence-electron chi connectivity index (χ0n) is 18.1. The van der Waals surface area contributed by atoms with Crippen LogP contribution in [0.4, 0.5) is 21.5 Å². The Balaban J connectivity index is 1.50. The zero-order chi connectivity index (χ0) is 23.8. The summed E-state index contributed by atoms with van der Waals surface area (Å²) in [4.78, 5) is 14.1. The lowest BCUT2D eigenvalue weighted by molar-refractivity contribution is -0.115. The molecule has 0 heterocycles. The van der Waals surface area contributed by atoms with Crippen LogP contribution in [0.15, 0.2) is 114 Å². The number of carbonyl (C=O) groups excluding carboxylic acids is 1. The van der Waals surface area contributed by atoms with Crippen LogP contribution in [0.1, 0.15) is 10.8 Å². The first-order valence-corrected chi connectivity index (χ1v) is 11.9. The summed E-state index contributed by atoms with van der Waals surface area (Å²) in [5.41, 5.74) is 2.65. The highest BCUT2D eigenvalue weighted by atomic mass is 32.2. The van der Waals surface area contributed by atoms with Crippen molar-refractivity contribution in [1.29, 1.82) is 0 Å². The number of anilines is 3. The molecule has 0 aliphatic heterocycles. The van der Waals surface area contributed by atoms with Crippen LogP contribution in [0.25, 0.3) is 0 Å². The van der Waals surface area contributed by atoms with Gasteiger partial charge in [-0.05, 0) is 60.2 Å². The SMILES string of the molecule is O=C(Nc1ccccc1F)C(Sc1cccc(NC(=S)Nc2ccccc2)c1)c1ccccc1. The molecule has 0 fully saturated rings. The van der Waals surface area contributed by atoms with Crippen molar-refractivity contribution in [3.05, 3.63) is 121 Å². The van der Waals surface area contributed by atoms with Gasteiger partial charge in [-0.25, -0.2) is 4.39 Å². The summed E-state index contributed by atoms with van der Waals surface area (Å²) in [6.45, 7) is 0. The van der Waals surface area contributed by atoms with Crippen molar-refractivity contribution >= 4 is 52.1 Å². The second-order valence-corrected chi connectivity index (χ2v) is 8.94. The van der Waals surface area contributed by atoms with Crippen LogP contribution in [0.3, 0.4) is 0 Å². The van der Waals surface area contributed by atoms with Crippen molar-refractivity contribution in [2.24, 2.45) is 0 Å². The van der Waals surface area contributed by atoms with Crippen molar-refractivity contribution in [3.8, 4) is 0 Å². The van der Waals surface area contributed by atoms with E-state index >= 15 is 0 Å². The predicted molar refractivity (Wildman–Crippen MR) is 143 cm³/mol. The zero-order valence-corrected chi connectivity index (χ0v) is 19.7. The summed E-state index contributed by atoms with van der Waals surface area (Å²) in [6, 6.07) is 32.9. The minimum atomic E-state index is -0.578. The van der Waals surface area contributed by atoms with Gasteiger partial charge in [0, 0.05) is 16.3 Å².